The van der Waals surface area contributed by atoms with Gasteiger partial charge in [0.2, 0.25) is 0 Å². The molecule has 0 aromatic heterocycles. The molecule has 99 valence electrons. The molecule has 16 heavy (non-hydrogen) atoms. The van der Waals surface area contributed by atoms with Crippen molar-refractivity contribution in [1.82, 2.24) is 0 Å². The maximum absolute atomic E-state index is 11.0. The van der Waals surface area contributed by atoms with Gasteiger partial charge in [0.1, 0.15) is 0 Å². The van der Waals surface area contributed by atoms with Gasteiger partial charge in [-0.25, -0.2) is 0 Å². The third-order valence-electron chi connectivity index (χ3n) is 3.42. The Morgan fingerprint density at radius 3 is 1.81 bits per heavy atom. The number of hydrogen-bond donors (Lipinski definition) is 2. The summed E-state index contributed by atoms with van der Waals surface area (Å²) in [6, 6.07) is 0. The van der Waals surface area contributed by atoms with Crippen molar-refractivity contribution in [3.8, 4) is 0 Å². The van der Waals surface area contributed by atoms with Crippen molar-refractivity contribution in [3.63, 3.8) is 0 Å². The maximum atomic E-state index is 11.0. The zero-order valence-electron chi connectivity index (χ0n) is 10.1. The molecular weight excluding hydrogens is 361 g/mol. The van der Waals surface area contributed by atoms with Crippen molar-refractivity contribution in [2.45, 2.75) is 47.0 Å². The van der Waals surface area contributed by atoms with Crippen molar-refractivity contribution >= 4 is 11.9 Å². The van der Waals surface area contributed by atoms with Gasteiger partial charge in [-0.15, -0.1) is 0 Å². The van der Waals surface area contributed by atoms with Crippen LogP contribution < -0.4 is 0 Å². The summed E-state index contributed by atoms with van der Waals surface area (Å²) in [5.41, 5.74) is -1.25. The Bertz CT molecular complexity index is 259. The normalized spacial score (nSPS) is 11.8. The Kier molecular flexibility index (Phi) is 7.91. The molecule has 4 nitrogen and oxygen atoms in total. The van der Waals surface area contributed by atoms with Crippen LogP contribution in [0.3, 0.4) is 0 Å². The minimum Gasteiger partial charge on any atom is -0.481 e. The van der Waals surface area contributed by atoms with E-state index in [-0.39, 0.29) is 44.2 Å². The summed E-state index contributed by atoms with van der Waals surface area (Å²) in [6.07, 6.45) is 1.21. The molecular formula is C11H20HoO4. The van der Waals surface area contributed by atoms with Crippen LogP contribution in [0.1, 0.15) is 47.0 Å². The molecule has 0 aromatic rings. The second kappa shape index (κ2) is 6.82. The summed E-state index contributed by atoms with van der Waals surface area (Å²) >= 11 is 0. The summed E-state index contributed by atoms with van der Waals surface area (Å²) in [5, 5.41) is 17.6. The zero-order valence-corrected chi connectivity index (χ0v) is 12.1. The first kappa shape index (κ1) is 18.6. The van der Waals surface area contributed by atoms with E-state index in [4.69, 9.17) is 10.2 Å². The molecule has 0 bridgehead atoms. The standard InChI is InChI=1S/C11H20O4.Ho/c1-10(2,7-5-6-8(12)13)11(3,4)9(14)15;/h5-7H2,1-4H3,(H,12,13)(H,14,15);. The molecule has 0 amide bonds. The van der Waals surface area contributed by atoms with Gasteiger partial charge in [0, 0.05) is 44.2 Å². The minimum absolute atomic E-state index is 0. The third kappa shape index (κ3) is 5.02. The Balaban J connectivity index is 0. The fourth-order valence-electron chi connectivity index (χ4n) is 1.28. The second-order valence-corrected chi connectivity index (χ2v) is 5.06. The first-order valence-electron chi connectivity index (χ1n) is 5.06. The molecule has 0 unspecified atom stereocenters. The van der Waals surface area contributed by atoms with Crippen LogP contribution in [0.4, 0.5) is 0 Å². The monoisotopic (exact) mass is 381 g/mol. The summed E-state index contributed by atoms with van der Waals surface area (Å²) in [6.45, 7) is 7.08. The average molecular weight is 381 g/mol. The maximum Gasteiger partial charge on any atom is 0.309 e. The summed E-state index contributed by atoms with van der Waals surface area (Å²) < 4.78 is 0. The van der Waals surface area contributed by atoms with Gasteiger partial charge >= 0.3 is 11.9 Å². The molecule has 1 radical (unpaired) electrons. The van der Waals surface area contributed by atoms with Crippen LogP contribution in [0.2, 0.25) is 0 Å². The van der Waals surface area contributed by atoms with Gasteiger partial charge in [-0.1, -0.05) is 13.8 Å². The van der Waals surface area contributed by atoms with E-state index in [1.54, 1.807) is 13.8 Å². The summed E-state index contributed by atoms with van der Waals surface area (Å²) in [5.74, 6) is -1.68. The number of rotatable bonds is 6. The predicted octanol–water partition coefficient (Wildman–Crippen LogP) is 2.38. The van der Waals surface area contributed by atoms with Crippen molar-refractivity contribution in [1.29, 1.82) is 0 Å². The van der Waals surface area contributed by atoms with Crippen LogP contribution >= 0.6 is 0 Å². The molecule has 0 aliphatic heterocycles. The Morgan fingerprint density at radius 1 is 1.06 bits per heavy atom. The van der Waals surface area contributed by atoms with E-state index in [2.05, 4.69) is 0 Å². The minimum atomic E-state index is -0.845. The van der Waals surface area contributed by atoms with E-state index >= 15 is 0 Å². The van der Waals surface area contributed by atoms with Crippen molar-refractivity contribution in [2.75, 3.05) is 0 Å². The second-order valence-electron chi connectivity index (χ2n) is 5.06. The molecule has 0 rings (SSSR count). The Morgan fingerprint density at radius 2 is 1.50 bits per heavy atom. The van der Waals surface area contributed by atoms with Gasteiger partial charge in [-0.3, -0.25) is 9.59 Å². The molecule has 2 N–H and O–H groups in total. The molecule has 0 atom stereocenters. The summed E-state index contributed by atoms with van der Waals surface area (Å²) in [4.78, 5) is 21.4. The molecule has 0 fully saturated rings. The quantitative estimate of drug-likeness (QED) is 0.693. The SMILES string of the molecule is CC(C)(CCCC(=O)O)C(C)(C)C(=O)O.[Ho]. The van der Waals surface area contributed by atoms with Crippen molar-refractivity contribution < 1.29 is 57.5 Å². The molecule has 0 heterocycles. The average Bonchev–Trinajstić information content (AvgIpc) is 2.02. The van der Waals surface area contributed by atoms with E-state index < -0.39 is 22.8 Å². The van der Waals surface area contributed by atoms with E-state index in [0.29, 0.717) is 12.8 Å². The van der Waals surface area contributed by atoms with Gasteiger partial charge < -0.3 is 10.2 Å². The van der Waals surface area contributed by atoms with Crippen molar-refractivity contribution in [3.05, 3.63) is 0 Å². The van der Waals surface area contributed by atoms with Crippen LogP contribution in [0, 0.1) is 48.6 Å². The van der Waals surface area contributed by atoms with Crippen LogP contribution in [0.25, 0.3) is 0 Å². The van der Waals surface area contributed by atoms with Crippen LogP contribution in [-0.2, 0) is 9.59 Å². The molecule has 0 aromatic carbocycles. The summed E-state index contributed by atoms with van der Waals surface area (Å²) in [7, 11) is 0. The Labute approximate surface area is 126 Å². The Hall–Kier alpha value is 0.200. The number of aliphatic carboxylic acids is 2. The number of carboxylic acids is 2. The topological polar surface area (TPSA) is 74.6 Å². The van der Waals surface area contributed by atoms with Crippen LogP contribution in [0.15, 0.2) is 0 Å². The first-order valence-corrected chi connectivity index (χ1v) is 5.06. The fourth-order valence-corrected chi connectivity index (χ4v) is 1.28. The first-order chi connectivity index (χ1) is 6.61. The van der Waals surface area contributed by atoms with E-state index in [9.17, 15) is 9.59 Å². The number of hydrogen-bond acceptors (Lipinski definition) is 2. The molecule has 5 heteroatoms. The molecule has 0 aliphatic carbocycles. The van der Waals surface area contributed by atoms with Crippen molar-refractivity contribution in [2.24, 2.45) is 10.8 Å². The molecule has 0 spiro atoms. The molecule has 0 saturated carbocycles. The van der Waals surface area contributed by atoms with Crippen LogP contribution in [-0.4, -0.2) is 22.2 Å². The number of carboxylic acid groups (broad SMARTS) is 2. The molecule has 0 saturated heterocycles. The van der Waals surface area contributed by atoms with E-state index in [1.165, 1.54) is 0 Å². The zero-order chi connectivity index (χ0) is 12.3. The predicted molar refractivity (Wildman–Crippen MR) is 56.7 cm³/mol. The molecule has 0 aliphatic rings. The van der Waals surface area contributed by atoms with Gasteiger partial charge in [0.05, 0.1) is 5.41 Å². The van der Waals surface area contributed by atoms with Gasteiger partial charge in [0.25, 0.3) is 0 Å². The largest absolute Gasteiger partial charge is 0.481 e. The van der Waals surface area contributed by atoms with Gasteiger partial charge in [-0.2, -0.15) is 0 Å². The number of carbonyl (C=O) groups is 2. The van der Waals surface area contributed by atoms with Gasteiger partial charge in [0.15, 0.2) is 0 Å². The third-order valence-corrected chi connectivity index (χ3v) is 3.42. The van der Waals surface area contributed by atoms with E-state index in [0.717, 1.165) is 0 Å². The van der Waals surface area contributed by atoms with Crippen LogP contribution in [0.5, 0.6) is 0 Å². The fraction of sp³-hybridized carbons (Fsp3) is 0.818. The van der Waals surface area contributed by atoms with E-state index in [1.807, 2.05) is 13.8 Å². The van der Waals surface area contributed by atoms with Gasteiger partial charge in [-0.05, 0) is 32.1 Å². The smallest absolute Gasteiger partial charge is 0.309 e.